The maximum atomic E-state index is 13.5. The normalized spacial score (nSPS) is 11.9. The van der Waals surface area contributed by atoms with Gasteiger partial charge in [0.05, 0.1) is 24.3 Å². The van der Waals surface area contributed by atoms with Crippen molar-refractivity contribution in [3.8, 4) is 22.5 Å². The summed E-state index contributed by atoms with van der Waals surface area (Å²) < 4.78 is 1.82. The first-order valence-electron chi connectivity index (χ1n) is 13.0. The summed E-state index contributed by atoms with van der Waals surface area (Å²) in [5.74, 6) is -2.46. The predicted octanol–water partition coefficient (Wildman–Crippen LogP) is 3.47. The van der Waals surface area contributed by atoms with Gasteiger partial charge in [0.2, 0.25) is 11.8 Å². The highest BCUT2D eigenvalue weighted by atomic mass is 16.4. The summed E-state index contributed by atoms with van der Waals surface area (Å²) in [7, 11) is 0. The number of carbonyl (C=O) groups excluding carboxylic acids is 2. The average Bonchev–Trinajstić information content (AvgIpc) is 3.32. The third-order valence-corrected chi connectivity index (χ3v) is 6.57. The Balaban J connectivity index is 1.61. The molecule has 204 valence electrons. The molecular formula is C28H31N5O6. The first-order chi connectivity index (χ1) is 18.8. The van der Waals surface area contributed by atoms with Gasteiger partial charge < -0.3 is 20.4 Å². The van der Waals surface area contributed by atoms with E-state index in [-0.39, 0.29) is 38.1 Å². The molecule has 0 aliphatic carbocycles. The number of rotatable bonds is 12. The standard InChI is InChI=1S/C28H31N5O6/c34-23(13-14-26(38)39)29-16-15-24(35)32-18-19-8-3-4-9-20(19)27-28(21-10-5-6-11-22(21)32)33(31-30-27)17-7-1-2-12-25(36)37/h3-6,8-11H,1-2,7,12-18H2,(H,29,34)(H,36,37)(H,38,39). The molecule has 0 radical (unpaired) electrons. The van der Waals surface area contributed by atoms with Crippen LogP contribution in [-0.4, -0.2) is 55.5 Å². The molecular weight excluding hydrogens is 502 g/mol. The lowest BCUT2D eigenvalue weighted by atomic mass is 9.95. The smallest absolute Gasteiger partial charge is 0.303 e. The van der Waals surface area contributed by atoms with Crippen molar-refractivity contribution in [3.05, 3.63) is 54.1 Å². The zero-order valence-corrected chi connectivity index (χ0v) is 21.5. The number of carboxylic acid groups (broad SMARTS) is 2. The van der Waals surface area contributed by atoms with E-state index in [2.05, 4.69) is 15.6 Å². The van der Waals surface area contributed by atoms with Crippen LogP contribution in [0, 0.1) is 0 Å². The highest BCUT2D eigenvalue weighted by Gasteiger charge is 2.28. The molecule has 0 unspecified atom stereocenters. The van der Waals surface area contributed by atoms with Crippen LogP contribution in [0.15, 0.2) is 48.5 Å². The molecule has 2 aromatic carbocycles. The van der Waals surface area contributed by atoms with E-state index in [1.807, 2.05) is 53.2 Å². The van der Waals surface area contributed by atoms with Crippen molar-refractivity contribution >= 4 is 29.4 Å². The molecule has 0 atom stereocenters. The van der Waals surface area contributed by atoms with E-state index < -0.39 is 17.8 Å². The van der Waals surface area contributed by atoms with Gasteiger partial charge in [-0.15, -0.1) is 5.10 Å². The van der Waals surface area contributed by atoms with Crippen molar-refractivity contribution in [2.45, 2.75) is 58.0 Å². The van der Waals surface area contributed by atoms with Crippen LogP contribution >= 0.6 is 0 Å². The van der Waals surface area contributed by atoms with Crippen LogP contribution in [0.5, 0.6) is 0 Å². The molecule has 0 fully saturated rings. The highest BCUT2D eigenvalue weighted by Crippen LogP contribution is 2.41. The number of para-hydroxylation sites is 1. The summed E-state index contributed by atoms with van der Waals surface area (Å²) in [6.07, 6.45) is 1.82. The molecule has 0 saturated heterocycles. The SMILES string of the molecule is O=C(O)CCCCCn1nnc2c1-c1ccccc1N(C(=O)CCNC(=O)CCC(=O)O)Cc1ccccc1-2. The van der Waals surface area contributed by atoms with Gasteiger partial charge in [-0.1, -0.05) is 54.1 Å². The topological polar surface area (TPSA) is 155 Å². The van der Waals surface area contributed by atoms with Crippen LogP contribution in [0.2, 0.25) is 0 Å². The molecule has 1 aromatic heterocycles. The molecule has 3 N–H and O–H groups in total. The van der Waals surface area contributed by atoms with Crippen molar-refractivity contribution in [3.63, 3.8) is 0 Å². The van der Waals surface area contributed by atoms with Gasteiger partial charge in [-0.3, -0.25) is 19.2 Å². The molecule has 0 saturated carbocycles. The first kappa shape index (κ1) is 27.5. The minimum Gasteiger partial charge on any atom is -0.481 e. The van der Waals surface area contributed by atoms with Crippen molar-refractivity contribution in [2.24, 2.45) is 0 Å². The van der Waals surface area contributed by atoms with Gasteiger partial charge in [0.1, 0.15) is 5.69 Å². The van der Waals surface area contributed by atoms with Crippen LogP contribution in [-0.2, 0) is 32.3 Å². The number of aromatic nitrogens is 3. The van der Waals surface area contributed by atoms with Gasteiger partial charge in [0.15, 0.2) is 0 Å². The number of aryl methyl sites for hydroxylation is 1. The van der Waals surface area contributed by atoms with Crippen LogP contribution in [0.3, 0.4) is 0 Å². The van der Waals surface area contributed by atoms with E-state index in [9.17, 15) is 19.2 Å². The summed E-state index contributed by atoms with van der Waals surface area (Å²) in [6, 6.07) is 15.3. The number of nitrogens with one attached hydrogen (secondary N) is 1. The zero-order valence-electron chi connectivity index (χ0n) is 21.5. The molecule has 1 aliphatic rings. The summed E-state index contributed by atoms with van der Waals surface area (Å²) in [5.41, 5.74) is 4.79. The number of hydrogen-bond donors (Lipinski definition) is 3. The van der Waals surface area contributed by atoms with Gasteiger partial charge in [0.25, 0.3) is 0 Å². The molecule has 3 aromatic rings. The fourth-order valence-corrected chi connectivity index (χ4v) is 4.66. The van der Waals surface area contributed by atoms with Gasteiger partial charge >= 0.3 is 11.9 Å². The molecule has 0 spiro atoms. The number of unbranched alkanes of at least 4 members (excludes halogenated alkanes) is 2. The van der Waals surface area contributed by atoms with Crippen LogP contribution < -0.4 is 10.2 Å². The zero-order chi connectivity index (χ0) is 27.8. The molecule has 4 rings (SSSR count). The molecule has 2 heterocycles. The van der Waals surface area contributed by atoms with Crippen molar-refractivity contribution in [1.82, 2.24) is 20.3 Å². The lowest BCUT2D eigenvalue weighted by Gasteiger charge is -2.29. The lowest BCUT2D eigenvalue weighted by Crippen LogP contribution is -2.35. The monoisotopic (exact) mass is 533 g/mol. The number of fused-ring (bicyclic) bond motifs is 5. The molecule has 2 amide bonds. The number of aliphatic carboxylic acids is 2. The number of carbonyl (C=O) groups is 4. The minimum atomic E-state index is -1.05. The Bertz CT molecular complexity index is 1370. The van der Waals surface area contributed by atoms with Gasteiger partial charge in [-0.2, -0.15) is 0 Å². The van der Waals surface area contributed by atoms with E-state index in [0.717, 1.165) is 40.9 Å². The molecule has 39 heavy (non-hydrogen) atoms. The Kier molecular flexibility index (Phi) is 9.03. The summed E-state index contributed by atoms with van der Waals surface area (Å²) in [6.45, 7) is 0.952. The second kappa shape index (κ2) is 12.8. The third kappa shape index (κ3) is 6.86. The predicted molar refractivity (Wildman–Crippen MR) is 143 cm³/mol. The molecule has 1 aliphatic heterocycles. The van der Waals surface area contributed by atoms with Crippen LogP contribution in [0.4, 0.5) is 5.69 Å². The van der Waals surface area contributed by atoms with Crippen molar-refractivity contribution < 1.29 is 29.4 Å². The van der Waals surface area contributed by atoms with E-state index in [0.29, 0.717) is 25.2 Å². The minimum absolute atomic E-state index is 0.0449. The van der Waals surface area contributed by atoms with Gasteiger partial charge in [0, 0.05) is 43.5 Å². The highest BCUT2D eigenvalue weighted by molar-refractivity contribution is 6.00. The number of hydrogen-bond acceptors (Lipinski definition) is 6. The largest absolute Gasteiger partial charge is 0.481 e. The lowest BCUT2D eigenvalue weighted by molar-refractivity contribution is -0.139. The second-order valence-electron chi connectivity index (χ2n) is 9.36. The number of amides is 2. The quantitative estimate of drug-likeness (QED) is 0.299. The van der Waals surface area contributed by atoms with Gasteiger partial charge in [-0.05, 0) is 24.5 Å². The Hall–Kier alpha value is -4.54. The number of carboxylic acids is 2. The Morgan fingerprint density at radius 1 is 0.821 bits per heavy atom. The van der Waals surface area contributed by atoms with Crippen LogP contribution in [0.1, 0.15) is 50.5 Å². The van der Waals surface area contributed by atoms with E-state index in [4.69, 9.17) is 10.2 Å². The maximum Gasteiger partial charge on any atom is 0.303 e. The van der Waals surface area contributed by atoms with E-state index >= 15 is 0 Å². The number of anilines is 1. The Morgan fingerprint density at radius 2 is 1.54 bits per heavy atom. The van der Waals surface area contributed by atoms with Crippen LogP contribution in [0.25, 0.3) is 22.5 Å². The first-order valence-corrected chi connectivity index (χ1v) is 13.0. The van der Waals surface area contributed by atoms with E-state index in [1.165, 1.54) is 0 Å². The fraction of sp³-hybridized carbons (Fsp3) is 0.357. The molecule has 11 nitrogen and oxygen atoms in total. The third-order valence-electron chi connectivity index (χ3n) is 6.57. The Labute approximate surface area is 225 Å². The summed E-state index contributed by atoms with van der Waals surface area (Å²) in [4.78, 5) is 48.7. The second-order valence-corrected chi connectivity index (χ2v) is 9.36. The number of nitrogens with zero attached hydrogens (tertiary/aromatic N) is 4. The van der Waals surface area contributed by atoms with E-state index in [1.54, 1.807) is 4.90 Å². The molecule has 0 bridgehead atoms. The fourth-order valence-electron chi connectivity index (χ4n) is 4.66. The van der Waals surface area contributed by atoms with Crippen molar-refractivity contribution in [1.29, 1.82) is 0 Å². The molecule has 11 heteroatoms. The average molecular weight is 534 g/mol. The van der Waals surface area contributed by atoms with Gasteiger partial charge in [-0.25, -0.2) is 4.68 Å². The number of benzene rings is 2. The Morgan fingerprint density at radius 3 is 2.31 bits per heavy atom. The maximum absolute atomic E-state index is 13.5. The summed E-state index contributed by atoms with van der Waals surface area (Å²) >= 11 is 0. The van der Waals surface area contributed by atoms with Crippen molar-refractivity contribution in [2.75, 3.05) is 11.4 Å². The summed E-state index contributed by atoms with van der Waals surface area (Å²) in [5, 5.41) is 29.3.